The lowest BCUT2D eigenvalue weighted by Gasteiger charge is -2.22. The lowest BCUT2D eigenvalue weighted by atomic mass is 10.1. The third-order valence-corrected chi connectivity index (χ3v) is 2.24. The zero-order chi connectivity index (χ0) is 12.2. The van der Waals surface area contributed by atoms with Crippen molar-refractivity contribution in [2.24, 2.45) is 5.73 Å². The van der Waals surface area contributed by atoms with Gasteiger partial charge in [-0.25, -0.2) is 0 Å². The highest BCUT2D eigenvalue weighted by Crippen LogP contribution is 2.28. The van der Waals surface area contributed by atoms with Crippen molar-refractivity contribution in [3.63, 3.8) is 0 Å². The summed E-state index contributed by atoms with van der Waals surface area (Å²) >= 11 is 0. The number of rotatable bonds is 5. The molecular formula is C12H19NO3. The second kappa shape index (κ2) is 5.18. The molecule has 0 radical (unpaired) electrons. The number of nitrogens with two attached hydrogens (primary N) is 1. The van der Waals surface area contributed by atoms with Crippen molar-refractivity contribution in [1.29, 1.82) is 0 Å². The first-order chi connectivity index (χ1) is 7.48. The number of ether oxygens (including phenoxy) is 2. The summed E-state index contributed by atoms with van der Waals surface area (Å²) in [6.07, 6.45) is 0. The predicted octanol–water partition coefficient (Wildman–Crippen LogP) is 1.09. The molecule has 0 saturated heterocycles. The minimum Gasteiger partial charge on any atom is -0.493 e. The molecule has 1 aromatic rings. The van der Waals surface area contributed by atoms with Crippen LogP contribution in [-0.2, 0) is 0 Å². The molecule has 0 aromatic heterocycles. The number of aryl methyl sites for hydroxylation is 1. The Balaban J connectivity index is 2.74. The molecule has 0 fully saturated rings. The second-order valence-corrected chi connectivity index (χ2v) is 4.26. The van der Waals surface area contributed by atoms with Crippen LogP contribution < -0.4 is 15.2 Å². The largest absolute Gasteiger partial charge is 0.493 e. The van der Waals surface area contributed by atoms with E-state index >= 15 is 0 Å². The lowest BCUT2D eigenvalue weighted by molar-refractivity contribution is 0.143. The topological polar surface area (TPSA) is 64.7 Å². The quantitative estimate of drug-likeness (QED) is 0.787. The molecule has 0 aliphatic carbocycles. The molecule has 1 aromatic carbocycles. The maximum atomic E-state index is 9.01. The van der Waals surface area contributed by atoms with E-state index in [4.69, 9.17) is 20.3 Å². The Morgan fingerprint density at radius 2 is 2.06 bits per heavy atom. The van der Waals surface area contributed by atoms with Crippen LogP contribution in [0.1, 0.15) is 12.5 Å². The average molecular weight is 225 g/mol. The van der Waals surface area contributed by atoms with E-state index in [1.807, 2.05) is 25.1 Å². The van der Waals surface area contributed by atoms with Gasteiger partial charge in [-0.1, -0.05) is 6.07 Å². The standard InChI is InChI=1S/C12H19NO3/c1-9-4-5-10(11(6-9)15-3)16-8-12(2,13)7-14/h4-6,14H,7-8,13H2,1-3H3. The SMILES string of the molecule is COc1cc(C)ccc1OCC(C)(N)CO. The van der Waals surface area contributed by atoms with Crippen LogP contribution in [0.4, 0.5) is 0 Å². The minimum atomic E-state index is -0.740. The second-order valence-electron chi connectivity index (χ2n) is 4.26. The highest BCUT2D eigenvalue weighted by Gasteiger charge is 2.18. The molecular weight excluding hydrogens is 206 g/mol. The maximum Gasteiger partial charge on any atom is 0.161 e. The van der Waals surface area contributed by atoms with Gasteiger partial charge in [0.05, 0.1) is 19.3 Å². The molecule has 1 rings (SSSR count). The monoisotopic (exact) mass is 225 g/mol. The van der Waals surface area contributed by atoms with Crippen LogP contribution in [0.25, 0.3) is 0 Å². The van der Waals surface area contributed by atoms with Crippen LogP contribution >= 0.6 is 0 Å². The Morgan fingerprint density at radius 1 is 1.38 bits per heavy atom. The first-order valence-corrected chi connectivity index (χ1v) is 5.16. The van der Waals surface area contributed by atoms with Crippen molar-refractivity contribution < 1.29 is 14.6 Å². The summed E-state index contributed by atoms with van der Waals surface area (Å²) in [4.78, 5) is 0. The summed E-state index contributed by atoms with van der Waals surface area (Å²) in [5.41, 5.74) is 6.13. The van der Waals surface area contributed by atoms with Crippen molar-refractivity contribution in [1.82, 2.24) is 0 Å². The van der Waals surface area contributed by atoms with Gasteiger partial charge in [0.25, 0.3) is 0 Å². The van der Waals surface area contributed by atoms with Crippen LogP contribution in [0.2, 0.25) is 0 Å². The van der Waals surface area contributed by atoms with Gasteiger partial charge in [0, 0.05) is 0 Å². The molecule has 0 saturated carbocycles. The molecule has 1 unspecified atom stereocenters. The van der Waals surface area contributed by atoms with Gasteiger partial charge in [-0.15, -0.1) is 0 Å². The fourth-order valence-corrected chi connectivity index (χ4v) is 1.18. The van der Waals surface area contributed by atoms with Gasteiger partial charge in [0.1, 0.15) is 6.61 Å². The van der Waals surface area contributed by atoms with Crippen LogP contribution in [0.15, 0.2) is 18.2 Å². The van der Waals surface area contributed by atoms with E-state index in [9.17, 15) is 0 Å². The maximum absolute atomic E-state index is 9.01. The lowest BCUT2D eigenvalue weighted by Crippen LogP contribution is -2.45. The number of hydrogen-bond donors (Lipinski definition) is 2. The third kappa shape index (κ3) is 3.40. The van der Waals surface area contributed by atoms with Crippen LogP contribution in [0.3, 0.4) is 0 Å². The molecule has 4 heteroatoms. The van der Waals surface area contributed by atoms with Crippen molar-refractivity contribution in [3.8, 4) is 11.5 Å². The Labute approximate surface area is 96.0 Å². The molecule has 4 nitrogen and oxygen atoms in total. The van der Waals surface area contributed by atoms with Gasteiger partial charge < -0.3 is 20.3 Å². The molecule has 1 atom stereocenters. The van der Waals surface area contributed by atoms with E-state index in [0.29, 0.717) is 11.5 Å². The number of aliphatic hydroxyl groups is 1. The Hall–Kier alpha value is -1.26. The third-order valence-electron chi connectivity index (χ3n) is 2.24. The van der Waals surface area contributed by atoms with Gasteiger partial charge in [-0.3, -0.25) is 0 Å². The summed E-state index contributed by atoms with van der Waals surface area (Å²) in [5, 5.41) is 9.01. The minimum absolute atomic E-state index is 0.124. The van der Waals surface area contributed by atoms with E-state index in [1.165, 1.54) is 0 Å². The van der Waals surface area contributed by atoms with Crippen LogP contribution in [0, 0.1) is 6.92 Å². The molecule has 3 N–H and O–H groups in total. The smallest absolute Gasteiger partial charge is 0.161 e. The molecule has 0 spiro atoms. The summed E-state index contributed by atoms with van der Waals surface area (Å²) in [7, 11) is 1.59. The number of hydrogen-bond acceptors (Lipinski definition) is 4. The molecule has 0 heterocycles. The first-order valence-electron chi connectivity index (χ1n) is 5.16. The number of aliphatic hydroxyl groups excluding tert-OH is 1. The van der Waals surface area contributed by atoms with Gasteiger partial charge in [0.2, 0.25) is 0 Å². The highest BCUT2D eigenvalue weighted by molar-refractivity contribution is 5.42. The van der Waals surface area contributed by atoms with E-state index in [-0.39, 0.29) is 13.2 Å². The number of methoxy groups -OCH3 is 1. The predicted molar refractivity (Wildman–Crippen MR) is 62.9 cm³/mol. The molecule has 0 aliphatic rings. The van der Waals surface area contributed by atoms with Crippen molar-refractivity contribution >= 4 is 0 Å². The van der Waals surface area contributed by atoms with Crippen LogP contribution in [-0.4, -0.2) is 31.0 Å². The summed E-state index contributed by atoms with van der Waals surface area (Å²) < 4.78 is 10.7. The van der Waals surface area contributed by atoms with E-state index in [1.54, 1.807) is 14.0 Å². The molecule has 0 bridgehead atoms. The zero-order valence-corrected chi connectivity index (χ0v) is 9.99. The molecule has 0 aliphatic heterocycles. The zero-order valence-electron chi connectivity index (χ0n) is 9.99. The number of benzene rings is 1. The normalized spacial score (nSPS) is 14.3. The average Bonchev–Trinajstić information content (AvgIpc) is 2.27. The van der Waals surface area contributed by atoms with Crippen molar-refractivity contribution in [2.75, 3.05) is 20.3 Å². The fourth-order valence-electron chi connectivity index (χ4n) is 1.18. The molecule has 0 amide bonds. The molecule has 90 valence electrons. The molecule has 16 heavy (non-hydrogen) atoms. The first kappa shape index (κ1) is 12.8. The fraction of sp³-hybridized carbons (Fsp3) is 0.500. The summed E-state index contributed by atoms with van der Waals surface area (Å²) in [6, 6.07) is 5.66. The van der Waals surface area contributed by atoms with Gasteiger partial charge in [-0.05, 0) is 31.5 Å². The van der Waals surface area contributed by atoms with E-state index < -0.39 is 5.54 Å². The summed E-state index contributed by atoms with van der Waals surface area (Å²) in [5.74, 6) is 1.31. The Bertz CT molecular complexity index is 350. The van der Waals surface area contributed by atoms with Crippen LogP contribution in [0.5, 0.6) is 11.5 Å². The summed E-state index contributed by atoms with van der Waals surface area (Å²) in [6.45, 7) is 3.82. The van der Waals surface area contributed by atoms with E-state index in [2.05, 4.69) is 0 Å². The van der Waals surface area contributed by atoms with Crippen molar-refractivity contribution in [2.45, 2.75) is 19.4 Å². The Kier molecular flexibility index (Phi) is 4.15. The van der Waals surface area contributed by atoms with Gasteiger partial charge >= 0.3 is 0 Å². The Morgan fingerprint density at radius 3 is 2.62 bits per heavy atom. The van der Waals surface area contributed by atoms with Gasteiger partial charge in [-0.2, -0.15) is 0 Å². The highest BCUT2D eigenvalue weighted by atomic mass is 16.5. The van der Waals surface area contributed by atoms with Crippen molar-refractivity contribution in [3.05, 3.63) is 23.8 Å². The van der Waals surface area contributed by atoms with E-state index in [0.717, 1.165) is 5.56 Å². The van der Waals surface area contributed by atoms with Gasteiger partial charge in [0.15, 0.2) is 11.5 Å².